The van der Waals surface area contributed by atoms with Crippen LogP contribution in [-0.4, -0.2) is 43.5 Å². The number of carbonyl (C=O) groups excluding carboxylic acids is 3. The Kier molecular flexibility index (Phi) is 7.75. The van der Waals surface area contributed by atoms with Crippen molar-refractivity contribution < 1.29 is 33.5 Å². The maximum atomic E-state index is 13.4. The Morgan fingerprint density at radius 1 is 0.897 bits per heavy atom. The molecule has 0 amide bonds. The molecule has 1 heterocycles. The highest BCUT2D eigenvalue weighted by atomic mass is 16.6. The molecule has 0 radical (unpaired) electrons. The molecule has 0 unspecified atom stereocenters. The van der Waals surface area contributed by atoms with E-state index in [1.54, 1.807) is 51.3 Å². The van der Waals surface area contributed by atoms with Crippen molar-refractivity contribution in [3.63, 3.8) is 0 Å². The van der Waals surface area contributed by atoms with Gasteiger partial charge in [-0.2, -0.15) is 0 Å². The summed E-state index contributed by atoms with van der Waals surface area (Å²) in [7, 11) is 2.77. The van der Waals surface area contributed by atoms with E-state index in [1.807, 2.05) is 12.1 Å². The summed E-state index contributed by atoms with van der Waals surface area (Å²) in [6, 6.07) is 16.2. The predicted octanol–water partition coefficient (Wildman–Crippen LogP) is 4.59. The van der Waals surface area contributed by atoms with Crippen molar-refractivity contribution in [2.45, 2.75) is 19.8 Å². The monoisotopic (exact) mass is 530 g/mol. The van der Waals surface area contributed by atoms with Gasteiger partial charge >= 0.3 is 11.9 Å². The van der Waals surface area contributed by atoms with Crippen LogP contribution in [0.25, 0.3) is 10.8 Å². The zero-order chi connectivity index (χ0) is 28.3. The lowest BCUT2D eigenvalue weighted by molar-refractivity contribution is -0.384. The first-order valence-corrected chi connectivity index (χ1v) is 11.9. The van der Waals surface area contributed by atoms with E-state index in [4.69, 9.17) is 14.2 Å². The molecule has 0 aromatic heterocycles. The second-order valence-corrected chi connectivity index (χ2v) is 8.91. The third kappa shape index (κ3) is 5.49. The fraction of sp³-hybridized carbons (Fsp3) is 0.207. The Hall–Kier alpha value is -4.99. The standard InChI is InChI=1S/C29H26N2O8/c1-16-25(28(33)38-4)27(21-6-5-7-22(13-21)31(35)36)26(17(2)30-16)29(34)39-15-24(32)20-9-8-19-14-23(37-3)11-10-18(19)12-20/h5-14,27,30H,15H2,1-4H3/t27-/m0/s1. The molecule has 1 aliphatic rings. The second kappa shape index (κ2) is 11.2. The summed E-state index contributed by atoms with van der Waals surface area (Å²) in [5, 5.41) is 16.1. The first kappa shape index (κ1) is 27.1. The first-order valence-electron chi connectivity index (χ1n) is 11.9. The summed E-state index contributed by atoms with van der Waals surface area (Å²) in [5.74, 6) is -2.30. The molecule has 0 saturated heterocycles. The second-order valence-electron chi connectivity index (χ2n) is 8.91. The van der Waals surface area contributed by atoms with E-state index in [0.29, 0.717) is 28.3 Å². The number of nitrogens with one attached hydrogen (secondary N) is 1. The van der Waals surface area contributed by atoms with Gasteiger partial charge in [-0.15, -0.1) is 0 Å². The van der Waals surface area contributed by atoms with Crippen molar-refractivity contribution >= 4 is 34.2 Å². The number of Topliss-reactive ketones (excluding diaryl/α,β-unsaturated/α-hetero) is 1. The van der Waals surface area contributed by atoms with Crippen molar-refractivity contribution in [3.05, 3.63) is 104 Å². The number of non-ortho nitro benzene ring substituents is 1. The van der Waals surface area contributed by atoms with Crippen LogP contribution in [0.1, 0.15) is 35.7 Å². The molecule has 1 atom stereocenters. The fourth-order valence-electron chi connectivity index (χ4n) is 4.61. The van der Waals surface area contributed by atoms with Crippen molar-refractivity contribution in [2.24, 2.45) is 0 Å². The zero-order valence-electron chi connectivity index (χ0n) is 21.8. The highest BCUT2D eigenvalue weighted by Crippen LogP contribution is 2.40. The SMILES string of the molecule is COC(=O)C1=C(C)NC(C)=C(C(=O)OCC(=O)c2ccc3cc(OC)ccc3c2)[C@H]1c1cccc([N+](=O)[O-])c1. The van der Waals surface area contributed by atoms with Gasteiger partial charge in [0.2, 0.25) is 0 Å². The minimum absolute atomic E-state index is 0.0416. The smallest absolute Gasteiger partial charge is 0.337 e. The number of esters is 2. The molecule has 10 heteroatoms. The van der Waals surface area contributed by atoms with E-state index in [9.17, 15) is 24.5 Å². The molecule has 0 fully saturated rings. The van der Waals surface area contributed by atoms with Crippen LogP contribution in [0.2, 0.25) is 0 Å². The minimum Gasteiger partial charge on any atom is -0.497 e. The van der Waals surface area contributed by atoms with Gasteiger partial charge in [0.15, 0.2) is 12.4 Å². The maximum Gasteiger partial charge on any atom is 0.337 e. The van der Waals surface area contributed by atoms with Gasteiger partial charge < -0.3 is 19.5 Å². The molecule has 1 aliphatic heterocycles. The zero-order valence-corrected chi connectivity index (χ0v) is 21.8. The van der Waals surface area contributed by atoms with Crippen LogP contribution in [0.5, 0.6) is 5.75 Å². The highest BCUT2D eigenvalue weighted by molar-refractivity contribution is 6.04. The lowest BCUT2D eigenvalue weighted by Crippen LogP contribution is -2.32. The Morgan fingerprint density at radius 2 is 1.56 bits per heavy atom. The van der Waals surface area contributed by atoms with E-state index in [0.717, 1.165) is 10.8 Å². The summed E-state index contributed by atoms with van der Waals surface area (Å²) in [6.45, 7) is 2.72. The van der Waals surface area contributed by atoms with Crippen molar-refractivity contribution in [2.75, 3.05) is 20.8 Å². The Morgan fingerprint density at radius 3 is 2.23 bits per heavy atom. The number of fused-ring (bicyclic) bond motifs is 1. The van der Waals surface area contributed by atoms with E-state index in [-0.39, 0.29) is 16.8 Å². The largest absolute Gasteiger partial charge is 0.497 e. The summed E-state index contributed by atoms with van der Waals surface area (Å²) in [5.41, 5.74) is 1.43. The molecule has 39 heavy (non-hydrogen) atoms. The number of hydrogen-bond donors (Lipinski definition) is 1. The molecular formula is C29H26N2O8. The summed E-state index contributed by atoms with van der Waals surface area (Å²) in [4.78, 5) is 49.9. The van der Waals surface area contributed by atoms with Crippen LogP contribution in [-0.2, 0) is 19.1 Å². The number of nitro groups is 1. The number of ketones is 1. The molecule has 3 aromatic carbocycles. The number of dihydropyridines is 1. The van der Waals surface area contributed by atoms with Crippen LogP contribution in [0, 0.1) is 10.1 Å². The van der Waals surface area contributed by atoms with E-state index >= 15 is 0 Å². The number of ether oxygens (including phenoxy) is 3. The van der Waals surface area contributed by atoms with Gasteiger partial charge in [-0.3, -0.25) is 14.9 Å². The predicted molar refractivity (Wildman–Crippen MR) is 142 cm³/mol. The number of rotatable bonds is 8. The quantitative estimate of drug-likeness (QED) is 0.192. The molecule has 0 aliphatic carbocycles. The van der Waals surface area contributed by atoms with E-state index < -0.39 is 35.2 Å². The van der Waals surface area contributed by atoms with Gasteiger partial charge in [0, 0.05) is 29.1 Å². The van der Waals surface area contributed by atoms with Gasteiger partial charge in [0.05, 0.1) is 36.2 Å². The number of allylic oxidation sites excluding steroid dienone is 2. The molecule has 10 nitrogen and oxygen atoms in total. The molecule has 1 N–H and O–H groups in total. The number of benzene rings is 3. The van der Waals surface area contributed by atoms with Crippen LogP contribution < -0.4 is 10.1 Å². The maximum absolute atomic E-state index is 13.4. The Labute approximate surface area is 224 Å². The van der Waals surface area contributed by atoms with Crippen LogP contribution in [0.3, 0.4) is 0 Å². The number of hydrogen-bond acceptors (Lipinski definition) is 9. The van der Waals surface area contributed by atoms with Gasteiger partial charge in [-0.1, -0.05) is 30.3 Å². The lowest BCUT2D eigenvalue weighted by atomic mass is 9.80. The summed E-state index contributed by atoms with van der Waals surface area (Å²) in [6.07, 6.45) is 0. The van der Waals surface area contributed by atoms with Gasteiger partial charge in [0.25, 0.3) is 5.69 Å². The average molecular weight is 531 g/mol. The average Bonchev–Trinajstić information content (AvgIpc) is 2.94. The minimum atomic E-state index is -1.02. The molecular weight excluding hydrogens is 504 g/mol. The molecule has 0 spiro atoms. The highest BCUT2D eigenvalue weighted by Gasteiger charge is 2.38. The third-order valence-electron chi connectivity index (χ3n) is 6.50. The lowest BCUT2D eigenvalue weighted by Gasteiger charge is -2.30. The Balaban J connectivity index is 1.63. The third-order valence-corrected chi connectivity index (χ3v) is 6.50. The number of nitrogens with zero attached hydrogens (tertiary/aromatic N) is 1. The fourth-order valence-corrected chi connectivity index (χ4v) is 4.61. The van der Waals surface area contributed by atoms with Gasteiger partial charge in [-0.05, 0) is 48.4 Å². The molecule has 0 bridgehead atoms. The van der Waals surface area contributed by atoms with Crippen molar-refractivity contribution in [1.29, 1.82) is 0 Å². The van der Waals surface area contributed by atoms with Gasteiger partial charge in [-0.25, -0.2) is 9.59 Å². The van der Waals surface area contributed by atoms with E-state index in [1.165, 1.54) is 25.3 Å². The van der Waals surface area contributed by atoms with Gasteiger partial charge in [0.1, 0.15) is 5.75 Å². The molecule has 0 saturated carbocycles. The number of carbonyl (C=O) groups is 3. The number of methoxy groups -OCH3 is 2. The number of nitro benzene ring substituents is 1. The Bertz CT molecular complexity index is 1570. The molecule has 3 aromatic rings. The normalized spacial score (nSPS) is 15.0. The summed E-state index contributed by atoms with van der Waals surface area (Å²) < 4.78 is 15.6. The van der Waals surface area contributed by atoms with Crippen molar-refractivity contribution in [1.82, 2.24) is 5.32 Å². The van der Waals surface area contributed by atoms with Crippen molar-refractivity contribution in [3.8, 4) is 5.75 Å². The molecule has 4 rings (SSSR count). The van der Waals surface area contributed by atoms with Crippen LogP contribution in [0.4, 0.5) is 5.69 Å². The molecule has 200 valence electrons. The summed E-state index contributed by atoms with van der Waals surface area (Å²) >= 11 is 0. The van der Waals surface area contributed by atoms with E-state index in [2.05, 4.69) is 5.32 Å². The van der Waals surface area contributed by atoms with Crippen LogP contribution >= 0.6 is 0 Å². The van der Waals surface area contributed by atoms with Crippen LogP contribution in [0.15, 0.2) is 83.2 Å². The topological polar surface area (TPSA) is 134 Å². The first-order chi connectivity index (χ1) is 18.6.